The van der Waals surface area contributed by atoms with Crippen molar-refractivity contribution in [3.8, 4) is 0 Å². The van der Waals surface area contributed by atoms with Crippen molar-refractivity contribution in [2.45, 2.75) is 20.4 Å². The van der Waals surface area contributed by atoms with E-state index in [0.29, 0.717) is 12.1 Å². The zero-order valence-electron chi connectivity index (χ0n) is 10.4. The number of anilines is 1. The van der Waals surface area contributed by atoms with Crippen molar-refractivity contribution in [2.75, 3.05) is 5.73 Å². The molecule has 0 aliphatic carbocycles. The fraction of sp³-hybridized carbons (Fsp3) is 0.231. The molecule has 0 fully saturated rings. The third-order valence-corrected chi connectivity index (χ3v) is 3.88. The normalized spacial score (nSPS) is 10.3. The summed E-state index contributed by atoms with van der Waals surface area (Å²) in [5, 5.41) is 2.85. The molecule has 0 radical (unpaired) electrons. The summed E-state index contributed by atoms with van der Waals surface area (Å²) < 4.78 is 0. The van der Waals surface area contributed by atoms with Gasteiger partial charge in [0.05, 0.1) is 12.1 Å². The molecule has 2 heterocycles. The van der Waals surface area contributed by atoms with Gasteiger partial charge in [0, 0.05) is 16.0 Å². The molecule has 0 saturated heterocycles. The number of amides is 1. The van der Waals surface area contributed by atoms with Crippen LogP contribution < -0.4 is 11.1 Å². The Morgan fingerprint density at radius 3 is 2.89 bits per heavy atom. The van der Waals surface area contributed by atoms with Crippen molar-refractivity contribution in [2.24, 2.45) is 0 Å². The lowest BCUT2D eigenvalue weighted by molar-refractivity contribution is 0.0952. The summed E-state index contributed by atoms with van der Waals surface area (Å²) in [6, 6.07) is 5.46. The maximum absolute atomic E-state index is 11.9. The van der Waals surface area contributed by atoms with Gasteiger partial charge in [0.1, 0.15) is 5.82 Å². The smallest absolute Gasteiger partial charge is 0.255 e. The number of rotatable bonds is 3. The Labute approximate surface area is 110 Å². The minimum Gasteiger partial charge on any atom is -0.383 e. The number of aryl methyl sites for hydroxylation is 2. The molecule has 3 N–H and O–H groups in total. The highest BCUT2D eigenvalue weighted by atomic mass is 32.1. The van der Waals surface area contributed by atoms with E-state index in [2.05, 4.69) is 30.2 Å². The fourth-order valence-electron chi connectivity index (χ4n) is 1.61. The molecule has 0 unspecified atom stereocenters. The molecule has 0 aliphatic heterocycles. The van der Waals surface area contributed by atoms with Crippen molar-refractivity contribution >= 4 is 23.1 Å². The van der Waals surface area contributed by atoms with Gasteiger partial charge in [-0.25, -0.2) is 4.98 Å². The largest absolute Gasteiger partial charge is 0.383 e. The van der Waals surface area contributed by atoms with Gasteiger partial charge >= 0.3 is 0 Å². The van der Waals surface area contributed by atoms with Crippen LogP contribution >= 0.6 is 11.3 Å². The molecule has 18 heavy (non-hydrogen) atoms. The van der Waals surface area contributed by atoms with Gasteiger partial charge in [0.25, 0.3) is 5.91 Å². The summed E-state index contributed by atoms with van der Waals surface area (Å²) in [6.07, 6.45) is 1.57. The highest BCUT2D eigenvalue weighted by Crippen LogP contribution is 2.20. The molecule has 0 aromatic carbocycles. The van der Waals surface area contributed by atoms with Crippen LogP contribution in [0.25, 0.3) is 0 Å². The molecule has 2 aromatic heterocycles. The zero-order chi connectivity index (χ0) is 13.1. The Hall–Kier alpha value is -1.88. The predicted octanol–water partition coefficient (Wildman–Crippen LogP) is 2.27. The molecule has 0 spiro atoms. The predicted molar refractivity (Wildman–Crippen MR) is 73.6 cm³/mol. The molecule has 1 amide bonds. The maximum Gasteiger partial charge on any atom is 0.255 e. The Kier molecular flexibility index (Phi) is 3.62. The van der Waals surface area contributed by atoms with E-state index in [4.69, 9.17) is 5.73 Å². The SMILES string of the molecule is Cc1cc(CNC(=O)c2cccnc2N)sc1C. The number of nitrogens with one attached hydrogen (secondary N) is 1. The van der Waals surface area contributed by atoms with E-state index in [9.17, 15) is 4.79 Å². The minimum atomic E-state index is -0.190. The maximum atomic E-state index is 11.9. The van der Waals surface area contributed by atoms with E-state index in [0.717, 1.165) is 4.88 Å². The number of hydrogen-bond donors (Lipinski definition) is 2. The van der Waals surface area contributed by atoms with Crippen LogP contribution in [-0.2, 0) is 6.54 Å². The van der Waals surface area contributed by atoms with E-state index in [1.807, 2.05) is 0 Å². The number of aromatic nitrogens is 1. The lowest BCUT2D eigenvalue weighted by Gasteiger charge is -2.05. The van der Waals surface area contributed by atoms with Crippen molar-refractivity contribution in [3.63, 3.8) is 0 Å². The Balaban J connectivity index is 2.03. The first-order valence-electron chi connectivity index (χ1n) is 5.62. The van der Waals surface area contributed by atoms with E-state index < -0.39 is 0 Å². The van der Waals surface area contributed by atoms with E-state index in [1.165, 1.54) is 10.4 Å². The molecule has 0 saturated carbocycles. The number of nitrogens with zero attached hydrogens (tertiary/aromatic N) is 1. The van der Waals surface area contributed by atoms with Crippen molar-refractivity contribution in [3.05, 3.63) is 45.3 Å². The molecule has 2 aromatic rings. The number of hydrogen-bond acceptors (Lipinski definition) is 4. The molecule has 0 aliphatic rings. The minimum absolute atomic E-state index is 0.190. The van der Waals surface area contributed by atoms with Crippen LogP contribution in [0.15, 0.2) is 24.4 Å². The van der Waals surface area contributed by atoms with Gasteiger partial charge in [-0.2, -0.15) is 0 Å². The van der Waals surface area contributed by atoms with Crippen molar-refractivity contribution in [1.29, 1.82) is 0 Å². The van der Waals surface area contributed by atoms with Crippen molar-refractivity contribution in [1.82, 2.24) is 10.3 Å². The quantitative estimate of drug-likeness (QED) is 0.890. The van der Waals surface area contributed by atoms with Crippen LogP contribution in [0.2, 0.25) is 0 Å². The van der Waals surface area contributed by atoms with E-state index >= 15 is 0 Å². The summed E-state index contributed by atoms with van der Waals surface area (Å²) in [7, 11) is 0. The van der Waals surface area contributed by atoms with Crippen LogP contribution in [0.1, 0.15) is 25.7 Å². The third-order valence-electron chi connectivity index (χ3n) is 2.72. The van der Waals surface area contributed by atoms with Crippen LogP contribution in [0.5, 0.6) is 0 Å². The van der Waals surface area contributed by atoms with Gasteiger partial charge in [-0.1, -0.05) is 0 Å². The van der Waals surface area contributed by atoms with E-state index in [-0.39, 0.29) is 11.7 Å². The summed E-state index contributed by atoms with van der Waals surface area (Å²) in [5.74, 6) is 0.0675. The number of carbonyl (C=O) groups excluding carboxylic acids is 1. The first kappa shape index (κ1) is 12.6. The van der Waals surface area contributed by atoms with Gasteiger partial charge < -0.3 is 11.1 Å². The lowest BCUT2D eigenvalue weighted by atomic mass is 10.2. The monoisotopic (exact) mass is 261 g/mol. The summed E-state index contributed by atoms with van der Waals surface area (Å²) in [5.41, 5.74) is 7.32. The van der Waals surface area contributed by atoms with Gasteiger partial charge in [-0.15, -0.1) is 11.3 Å². The average molecular weight is 261 g/mol. The molecule has 0 atom stereocenters. The summed E-state index contributed by atoms with van der Waals surface area (Å²) in [6.45, 7) is 4.66. The number of nitrogens with two attached hydrogens (primary N) is 1. The Morgan fingerprint density at radius 1 is 1.50 bits per heavy atom. The van der Waals surface area contributed by atoms with E-state index in [1.54, 1.807) is 29.7 Å². The third kappa shape index (κ3) is 2.68. The van der Waals surface area contributed by atoms with Gasteiger partial charge in [-0.3, -0.25) is 4.79 Å². The highest BCUT2D eigenvalue weighted by molar-refractivity contribution is 7.12. The Morgan fingerprint density at radius 2 is 2.28 bits per heavy atom. The topological polar surface area (TPSA) is 68.0 Å². The molecule has 5 heteroatoms. The molecular formula is C13H15N3OS. The molecule has 94 valence electrons. The molecule has 4 nitrogen and oxygen atoms in total. The molecule has 0 bridgehead atoms. The van der Waals surface area contributed by atoms with Crippen LogP contribution in [0, 0.1) is 13.8 Å². The summed E-state index contributed by atoms with van der Waals surface area (Å²) in [4.78, 5) is 18.2. The number of carbonyl (C=O) groups is 1. The van der Waals surface area contributed by atoms with Crippen LogP contribution in [0.4, 0.5) is 5.82 Å². The van der Waals surface area contributed by atoms with Gasteiger partial charge in [0.2, 0.25) is 0 Å². The average Bonchev–Trinajstić information content (AvgIpc) is 2.66. The lowest BCUT2D eigenvalue weighted by Crippen LogP contribution is -2.23. The zero-order valence-corrected chi connectivity index (χ0v) is 11.2. The fourth-order valence-corrected chi connectivity index (χ4v) is 2.60. The molecule has 2 rings (SSSR count). The van der Waals surface area contributed by atoms with Crippen molar-refractivity contribution < 1.29 is 4.79 Å². The number of nitrogen functional groups attached to an aromatic ring is 1. The van der Waals surface area contributed by atoms with Crippen LogP contribution in [0.3, 0.4) is 0 Å². The second kappa shape index (κ2) is 5.18. The standard InChI is InChI=1S/C13H15N3OS/c1-8-6-10(18-9(8)2)7-16-13(17)11-4-3-5-15-12(11)14/h3-6H,7H2,1-2H3,(H2,14,15)(H,16,17). The molecular weight excluding hydrogens is 246 g/mol. The van der Waals surface area contributed by atoms with Gasteiger partial charge in [0.15, 0.2) is 0 Å². The first-order valence-corrected chi connectivity index (χ1v) is 6.44. The number of thiophene rings is 1. The number of pyridine rings is 1. The Bertz CT molecular complexity index is 558. The second-order valence-corrected chi connectivity index (χ2v) is 5.41. The first-order chi connectivity index (χ1) is 8.58. The second-order valence-electron chi connectivity index (χ2n) is 4.07. The summed E-state index contributed by atoms with van der Waals surface area (Å²) >= 11 is 1.69. The highest BCUT2D eigenvalue weighted by Gasteiger charge is 2.10. The van der Waals surface area contributed by atoms with Gasteiger partial charge in [-0.05, 0) is 37.6 Å². The van der Waals surface area contributed by atoms with Crippen LogP contribution in [-0.4, -0.2) is 10.9 Å².